The lowest BCUT2D eigenvalue weighted by atomic mass is 10.2. The highest BCUT2D eigenvalue weighted by Gasteiger charge is 2.21. The Morgan fingerprint density at radius 3 is 2.68 bits per heavy atom. The Hall–Kier alpha value is -2.60. The second-order valence-electron chi connectivity index (χ2n) is 6.07. The minimum Gasteiger partial charge on any atom is -0.497 e. The summed E-state index contributed by atoms with van der Waals surface area (Å²) in [4.78, 5) is 22.2. The Bertz CT molecular complexity index is 876. The van der Waals surface area contributed by atoms with Gasteiger partial charge < -0.3 is 14.6 Å². The maximum absolute atomic E-state index is 12.4. The van der Waals surface area contributed by atoms with Gasteiger partial charge in [0.1, 0.15) is 16.5 Å². The van der Waals surface area contributed by atoms with Crippen molar-refractivity contribution in [2.24, 2.45) is 0 Å². The van der Waals surface area contributed by atoms with E-state index >= 15 is 0 Å². The van der Waals surface area contributed by atoms with E-state index in [2.05, 4.69) is 4.98 Å². The van der Waals surface area contributed by atoms with Crippen LogP contribution in [-0.2, 0) is 0 Å². The van der Waals surface area contributed by atoms with Gasteiger partial charge in [0.25, 0.3) is 5.91 Å². The first kappa shape index (κ1) is 15.9. The van der Waals surface area contributed by atoms with E-state index in [0.29, 0.717) is 5.69 Å². The van der Waals surface area contributed by atoms with E-state index in [1.807, 2.05) is 46.8 Å². The molecule has 1 saturated heterocycles. The maximum Gasteiger partial charge on any atom is 0.270 e. The quantitative estimate of drug-likeness (QED) is 0.770. The molecule has 128 valence electrons. The summed E-state index contributed by atoms with van der Waals surface area (Å²) < 4.78 is 5.19. The number of ether oxygens (including phenoxy) is 1. The lowest BCUT2D eigenvalue weighted by Gasteiger charge is -2.13. The van der Waals surface area contributed by atoms with Crippen LogP contribution in [-0.4, -0.2) is 41.0 Å². The number of nitrogens with zero attached hydrogens (tertiary/aromatic N) is 2. The summed E-state index contributed by atoms with van der Waals surface area (Å²) in [6.07, 6.45) is 4.05. The summed E-state index contributed by atoms with van der Waals surface area (Å²) in [5.74, 6) is 0.908. The van der Waals surface area contributed by atoms with Crippen LogP contribution in [0.25, 0.3) is 21.8 Å². The number of carbonyl (C=O) groups is 1. The highest BCUT2D eigenvalue weighted by Crippen LogP contribution is 2.30. The van der Waals surface area contributed by atoms with E-state index in [1.165, 1.54) is 0 Å². The molecule has 0 atom stereocenters. The molecule has 3 heterocycles. The molecule has 1 aliphatic rings. The van der Waals surface area contributed by atoms with Crippen LogP contribution in [0.2, 0.25) is 0 Å². The molecule has 1 amide bonds. The fraction of sp³-hybridized carbons (Fsp3) is 0.263. The first-order valence-electron chi connectivity index (χ1n) is 8.32. The molecule has 1 aliphatic heterocycles. The van der Waals surface area contributed by atoms with Gasteiger partial charge in [-0.2, -0.15) is 0 Å². The van der Waals surface area contributed by atoms with Crippen LogP contribution in [0.3, 0.4) is 0 Å². The number of amides is 1. The van der Waals surface area contributed by atoms with E-state index in [9.17, 15) is 4.79 Å². The Labute approximate surface area is 150 Å². The standard InChI is InChI=1S/C19H19N3O2S/c1-24-15-6-4-13(5-7-15)18-21-17(12-25-18)14-10-16(20-11-14)19(23)22-8-2-3-9-22/h4-7,10-12,20H,2-3,8-9H2,1H3. The van der Waals surface area contributed by atoms with Gasteiger partial charge in [-0.3, -0.25) is 4.79 Å². The molecule has 25 heavy (non-hydrogen) atoms. The van der Waals surface area contributed by atoms with Crippen molar-refractivity contribution in [1.82, 2.24) is 14.9 Å². The smallest absolute Gasteiger partial charge is 0.270 e. The van der Waals surface area contributed by atoms with Crippen molar-refractivity contribution in [2.45, 2.75) is 12.8 Å². The number of methoxy groups -OCH3 is 1. The number of aromatic amines is 1. The van der Waals surface area contributed by atoms with Gasteiger partial charge in [-0.15, -0.1) is 11.3 Å². The van der Waals surface area contributed by atoms with Gasteiger partial charge in [0.05, 0.1) is 12.8 Å². The monoisotopic (exact) mass is 353 g/mol. The molecule has 1 fully saturated rings. The number of carbonyl (C=O) groups excluding carboxylic acids is 1. The SMILES string of the molecule is COc1ccc(-c2nc(-c3c[nH]c(C(=O)N4CCCC4)c3)cs2)cc1. The van der Waals surface area contributed by atoms with Gasteiger partial charge in [-0.05, 0) is 43.2 Å². The van der Waals surface area contributed by atoms with Crippen LogP contribution in [0.1, 0.15) is 23.3 Å². The largest absolute Gasteiger partial charge is 0.497 e. The summed E-state index contributed by atoms with van der Waals surface area (Å²) in [6.45, 7) is 1.71. The highest BCUT2D eigenvalue weighted by molar-refractivity contribution is 7.13. The van der Waals surface area contributed by atoms with Crippen molar-refractivity contribution in [1.29, 1.82) is 0 Å². The number of benzene rings is 1. The van der Waals surface area contributed by atoms with Gasteiger partial charge >= 0.3 is 0 Å². The van der Waals surface area contributed by atoms with Crippen molar-refractivity contribution in [3.05, 3.63) is 47.6 Å². The molecule has 0 spiro atoms. The maximum atomic E-state index is 12.4. The van der Waals surface area contributed by atoms with Gasteiger partial charge in [-0.1, -0.05) is 0 Å². The van der Waals surface area contributed by atoms with Gasteiger partial charge in [0.2, 0.25) is 0 Å². The third kappa shape index (κ3) is 3.17. The minimum absolute atomic E-state index is 0.0781. The molecule has 0 unspecified atom stereocenters. The summed E-state index contributed by atoms with van der Waals surface area (Å²) in [7, 11) is 1.66. The number of thiazole rings is 1. The average Bonchev–Trinajstić information content (AvgIpc) is 3.42. The fourth-order valence-electron chi connectivity index (χ4n) is 3.03. The van der Waals surface area contributed by atoms with Crippen LogP contribution in [0, 0.1) is 0 Å². The van der Waals surface area contributed by atoms with Gasteiger partial charge in [0, 0.05) is 35.8 Å². The topological polar surface area (TPSA) is 58.2 Å². The average molecular weight is 353 g/mol. The number of nitrogens with one attached hydrogen (secondary N) is 1. The molecule has 5 nitrogen and oxygen atoms in total. The Morgan fingerprint density at radius 1 is 1.20 bits per heavy atom. The zero-order chi connectivity index (χ0) is 17.2. The lowest BCUT2D eigenvalue weighted by molar-refractivity contribution is 0.0788. The van der Waals surface area contributed by atoms with Crippen molar-refractivity contribution >= 4 is 17.2 Å². The predicted molar refractivity (Wildman–Crippen MR) is 99.0 cm³/mol. The highest BCUT2D eigenvalue weighted by atomic mass is 32.1. The van der Waals surface area contributed by atoms with E-state index < -0.39 is 0 Å². The summed E-state index contributed by atoms with van der Waals surface area (Å²) in [5, 5.41) is 2.97. The van der Waals surface area contributed by atoms with E-state index in [0.717, 1.165) is 53.5 Å². The van der Waals surface area contributed by atoms with Gasteiger partial charge in [0.15, 0.2) is 0 Å². The first-order chi connectivity index (χ1) is 12.2. The van der Waals surface area contributed by atoms with E-state index in [1.54, 1.807) is 18.4 Å². The number of likely N-dealkylation sites (tertiary alicyclic amines) is 1. The Balaban J connectivity index is 1.54. The van der Waals surface area contributed by atoms with Crippen molar-refractivity contribution in [3.8, 4) is 27.6 Å². The Kier molecular flexibility index (Phi) is 4.28. The second-order valence-corrected chi connectivity index (χ2v) is 6.93. The van der Waals surface area contributed by atoms with E-state index in [4.69, 9.17) is 9.72 Å². The summed E-state index contributed by atoms with van der Waals surface area (Å²) >= 11 is 1.59. The Morgan fingerprint density at radius 2 is 1.96 bits per heavy atom. The minimum atomic E-state index is 0.0781. The summed E-state index contributed by atoms with van der Waals surface area (Å²) in [6, 6.07) is 9.76. The third-order valence-electron chi connectivity index (χ3n) is 4.44. The van der Waals surface area contributed by atoms with Crippen LogP contribution >= 0.6 is 11.3 Å². The van der Waals surface area contributed by atoms with Crippen molar-refractivity contribution in [3.63, 3.8) is 0 Å². The third-order valence-corrected chi connectivity index (χ3v) is 5.33. The van der Waals surface area contributed by atoms with Crippen LogP contribution in [0.15, 0.2) is 41.9 Å². The molecule has 0 radical (unpaired) electrons. The molecule has 0 bridgehead atoms. The molecule has 2 aromatic heterocycles. The number of rotatable bonds is 4. The predicted octanol–water partition coefficient (Wildman–Crippen LogP) is 4.05. The number of hydrogen-bond donors (Lipinski definition) is 1. The van der Waals surface area contributed by atoms with Crippen LogP contribution < -0.4 is 4.74 Å². The molecule has 1 aromatic carbocycles. The molecule has 3 aromatic rings. The molecule has 4 rings (SSSR count). The van der Waals surface area contributed by atoms with Crippen molar-refractivity contribution < 1.29 is 9.53 Å². The summed E-state index contributed by atoms with van der Waals surface area (Å²) in [5.41, 5.74) is 3.52. The van der Waals surface area contributed by atoms with Gasteiger partial charge in [-0.25, -0.2) is 4.98 Å². The number of hydrogen-bond acceptors (Lipinski definition) is 4. The second kappa shape index (κ2) is 6.72. The molecular weight excluding hydrogens is 334 g/mol. The molecule has 6 heteroatoms. The number of H-pyrrole nitrogens is 1. The zero-order valence-corrected chi connectivity index (χ0v) is 14.8. The van der Waals surface area contributed by atoms with Crippen molar-refractivity contribution in [2.75, 3.05) is 20.2 Å². The first-order valence-corrected chi connectivity index (χ1v) is 9.20. The normalized spacial score (nSPS) is 14.0. The molecular formula is C19H19N3O2S. The molecule has 0 saturated carbocycles. The fourth-order valence-corrected chi connectivity index (χ4v) is 3.86. The number of aromatic nitrogens is 2. The zero-order valence-electron chi connectivity index (χ0n) is 14.0. The van der Waals surface area contributed by atoms with Crippen LogP contribution in [0.5, 0.6) is 5.75 Å². The van der Waals surface area contributed by atoms with Crippen LogP contribution in [0.4, 0.5) is 0 Å². The lowest BCUT2D eigenvalue weighted by Crippen LogP contribution is -2.27. The molecule has 1 N–H and O–H groups in total. The molecule has 0 aliphatic carbocycles. The van der Waals surface area contributed by atoms with E-state index in [-0.39, 0.29) is 5.91 Å².